The molecular weight excluding hydrogens is 428 g/mol. The Morgan fingerprint density at radius 2 is 1.94 bits per heavy atom. The molecule has 32 heavy (non-hydrogen) atoms. The van der Waals surface area contributed by atoms with Gasteiger partial charge in [-0.2, -0.15) is 0 Å². The van der Waals surface area contributed by atoms with Crippen LogP contribution in [0.5, 0.6) is 11.5 Å². The predicted molar refractivity (Wildman–Crippen MR) is 126 cm³/mol. The number of amides is 1. The molecule has 1 amide bonds. The lowest BCUT2D eigenvalue weighted by Crippen LogP contribution is -2.41. The average Bonchev–Trinajstić information content (AvgIpc) is 3.06. The van der Waals surface area contributed by atoms with Gasteiger partial charge >= 0.3 is 5.97 Å². The number of allylic oxidation sites excluding steroid dienone is 1. The molecule has 1 saturated heterocycles. The number of aliphatic imine (C=N–C) groups is 1. The Hall–Kier alpha value is -2.48. The standard InChI is InChI=1S/C24H32N2O5S/c1-7-12-30-17-11-10-16(13-18(17)29-9-3)21-20(23(28)31-14(4)5)15(6)25-24-26(21)22(27)19(8-2)32-24/h10-11,13-14,19,21H,7-9,12H2,1-6H3. The van der Waals surface area contributed by atoms with Crippen LogP contribution in [0.1, 0.15) is 66.0 Å². The number of benzene rings is 1. The Morgan fingerprint density at radius 1 is 1.19 bits per heavy atom. The van der Waals surface area contributed by atoms with E-state index in [0.29, 0.717) is 47.6 Å². The zero-order valence-corrected chi connectivity index (χ0v) is 20.5. The lowest BCUT2D eigenvalue weighted by Gasteiger charge is -2.33. The molecule has 7 nitrogen and oxygen atoms in total. The van der Waals surface area contributed by atoms with Crippen LogP contribution in [0.15, 0.2) is 34.5 Å². The summed E-state index contributed by atoms with van der Waals surface area (Å²) in [6.07, 6.45) is 1.27. The number of carbonyl (C=O) groups excluding carboxylic acids is 2. The highest BCUT2D eigenvalue weighted by molar-refractivity contribution is 8.15. The van der Waals surface area contributed by atoms with Crippen LogP contribution in [-0.2, 0) is 14.3 Å². The number of rotatable bonds is 9. The van der Waals surface area contributed by atoms with Gasteiger partial charge in [0.1, 0.15) is 0 Å². The zero-order valence-electron chi connectivity index (χ0n) is 19.6. The summed E-state index contributed by atoms with van der Waals surface area (Å²) in [5, 5.41) is 0.401. The number of thioether (sulfide) groups is 1. The van der Waals surface area contributed by atoms with E-state index in [-0.39, 0.29) is 17.3 Å². The second kappa shape index (κ2) is 10.4. The number of esters is 1. The first-order valence-electron chi connectivity index (χ1n) is 11.2. The lowest BCUT2D eigenvalue weighted by molar-refractivity contribution is -0.143. The van der Waals surface area contributed by atoms with E-state index in [9.17, 15) is 9.59 Å². The van der Waals surface area contributed by atoms with Crippen molar-refractivity contribution in [1.82, 2.24) is 4.90 Å². The normalized spacial score (nSPS) is 20.4. The average molecular weight is 461 g/mol. The second-order valence-corrected chi connectivity index (χ2v) is 9.13. The molecule has 0 N–H and O–H groups in total. The van der Waals surface area contributed by atoms with E-state index in [1.807, 2.05) is 39.0 Å². The molecular formula is C24H32N2O5S. The fourth-order valence-corrected chi connectivity index (χ4v) is 4.87. The number of hydrogen-bond acceptors (Lipinski definition) is 7. The van der Waals surface area contributed by atoms with E-state index < -0.39 is 12.0 Å². The third-order valence-corrected chi connectivity index (χ3v) is 6.45. The van der Waals surface area contributed by atoms with Crippen molar-refractivity contribution < 1.29 is 23.8 Å². The Labute approximate surface area is 194 Å². The molecule has 2 heterocycles. The van der Waals surface area contributed by atoms with Crippen LogP contribution in [0.25, 0.3) is 0 Å². The molecule has 1 fully saturated rings. The minimum absolute atomic E-state index is 0.0483. The zero-order chi connectivity index (χ0) is 23.4. The number of nitrogens with zero attached hydrogens (tertiary/aromatic N) is 2. The smallest absolute Gasteiger partial charge is 0.338 e. The molecule has 0 radical (unpaired) electrons. The Balaban J connectivity index is 2.12. The van der Waals surface area contributed by atoms with Crippen LogP contribution in [0, 0.1) is 0 Å². The van der Waals surface area contributed by atoms with E-state index in [0.717, 1.165) is 12.0 Å². The van der Waals surface area contributed by atoms with Gasteiger partial charge in [0.25, 0.3) is 0 Å². The van der Waals surface area contributed by atoms with Gasteiger partial charge in [-0.25, -0.2) is 9.79 Å². The molecule has 0 aliphatic carbocycles. The number of fused-ring (bicyclic) bond motifs is 1. The van der Waals surface area contributed by atoms with E-state index in [4.69, 9.17) is 14.2 Å². The highest BCUT2D eigenvalue weighted by atomic mass is 32.2. The van der Waals surface area contributed by atoms with Gasteiger partial charge in [0.15, 0.2) is 16.7 Å². The first-order valence-corrected chi connectivity index (χ1v) is 12.1. The molecule has 2 unspecified atom stereocenters. The van der Waals surface area contributed by atoms with Crippen LogP contribution in [0.4, 0.5) is 0 Å². The highest BCUT2D eigenvalue weighted by Crippen LogP contribution is 2.45. The minimum Gasteiger partial charge on any atom is -0.490 e. The van der Waals surface area contributed by atoms with Gasteiger partial charge < -0.3 is 14.2 Å². The molecule has 2 atom stereocenters. The van der Waals surface area contributed by atoms with Gasteiger partial charge in [-0.3, -0.25) is 9.69 Å². The van der Waals surface area contributed by atoms with Gasteiger partial charge in [0.05, 0.1) is 41.9 Å². The van der Waals surface area contributed by atoms with Crippen molar-refractivity contribution >= 4 is 28.8 Å². The summed E-state index contributed by atoms with van der Waals surface area (Å²) in [5.41, 5.74) is 1.69. The van der Waals surface area contributed by atoms with Gasteiger partial charge in [-0.1, -0.05) is 31.7 Å². The Bertz CT molecular complexity index is 940. The molecule has 174 valence electrons. The maximum absolute atomic E-state index is 13.3. The van der Waals surface area contributed by atoms with Crippen molar-refractivity contribution in [2.45, 2.75) is 71.8 Å². The van der Waals surface area contributed by atoms with Crippen molar-refractivity contribution in [3.63, 3.8) is 0 Å². The molecule has 1 aromatic carbocycles. The van der Waals surface area contributed by atoms with Crippen LogP contribution in [-0.4, -0.2) is 46.5 Å². The van der Waals surface area contributed by atoms with Crippen LogP contribution in [0.2, 0.25) is 0 Å². The van der Waals surface area contributed by atoms with Gasteiger partial charge in [0, 0.05) is 0 Å². The van der Waals surface area contributed by atoms with Gasteiger partial charge in [-0.15, -0.1) is 0 Å². The minimum atomic E-state index is -0.635. The van der Waals surface area contributed by atoms with Crippen molar-refractivity contribution in [1.29, 1.82) is 0 Å². The third-order valence-electron chi connectivity index (χ3n) is 5.13. The summed E-state index contributed by atoms with van der Waals surface area (Å²) >= 11 is 1.45. The molecule has 2 aliphatic rings. The second-order valence-electron chi connectivity index (χ2n) is 7.96. The summed E-state index contributed by atoms with van der Waals surface area (Å²) in [6, 6.07) is 4.95. The van der Waals surface area contributed by atoms with Crippen molar-refractivity contribution in [3.8, 4) is 11.5 Å². The van der Waals surface area contributed by atoms with E-state index >= 15 is 0 Å². The van der Waals surface area contributed by atoms with Crippen molar-refractivity contribution in [2.24, 2.45) is 4.99 Å². The maximum atomic E-state index is 13.3. The summed E-state index contributed by atoms with van der Waals surface area (Å²) in [5.74, 6) is 0.714. The topological polar surface area (TPSA) is 77.4 Å². The summed E-state index contributed by atoms with van der Waals surface area (Å²) in [4.78, 5) is 32.6. The van der Waals surface area contributed by atoms with Gasteiger partial charge in [-0.05, 0) is 58.2 Å². The molecule has 0 spiro atoms. The largest absolute Gasteiger partial charge is 0.490 e. The maximum Gasteiger partial charge on any atom is 0.338 e. The molecule has 2 aliphatic heterocycles. The summed E-state index contributed by atoms with van der Waals surface area (Å²) < 4.78 is 17.2. The molecule has 3 rings (SSSR count). The number of hydrogen-bond donors (Lipinski definition) is 0. The first kappa shape index (κ1) is 24.2. The van der Waals surface area contributed by atoms with E-state index in [2.05, 4.69) is 4.99 Å². The number of amidine groups is 1. The molecule has 1 aromatic rings. The molecule has 0 bridgehead atoms. The monoisotopic (exact) mass is 460 g/mol. The third kappa shape index (κ3) is 4.80. The Kier molecular flexibility index (Phi) is 7.87. The van der Waals surface area contributed by atoms with Crippen molar-refractivity contribution in [2.75, 3.05) is 13.2 Å². The molecule has 8 heteroatoms. The fourth-order valence-electron chi connectivity index (χ4n) is 3.74. The van der Waals surface area contributed by atoms with E-state index in [1.54, 1.807) is 25.7 Å². The van der Waals surface area contributed by atoms with Crippen LogP contribution >= 0.6 is 11.8 Å². The summed E-state index contributed by atoms with van der Waals surface area (Å²) in [6.45, 7) is 12.4. The van der Waals surface area contributed by atoms with Crippen LogP contribution in [0.3, 0.4) is 0 Å². The van der Waals surface area contributed by atoms with Gasteiger partial charge in [0.2, 0.25) is 5.91 Å². The summed E-state index contributed by atoms with van der Waals surface area (Å²) in [7, 11) is 0. The quantitative estimate of drug-likeness (QED) is 0.490. The predicted octanol–water partition coefficient (Wildman–Crippen LogP) is 4.86. The van der Waals surface area contributed by atoms with Crippen molar-refractivity contribution in [3.05, 3.63) is 35.0 Å². The van der Waals surface area contributed by atoms with E-state index in [1.165, 1.54) is 11.8 Å². The number of ether oxygens (including phenoxy) is 3. The fraction of sp³-hybridized carbons (Fsp3) is 0.542. The molecule has 0 saturated carbocycles. The highest BCUT2D eigenvalue weighted by Gasteiger charge is 2.47. The SMILES string of the molecule is CCCOc1ccc(C2C(C(=O)OC(C)C)=C(C)N=C3SC(CC)C(=O)N32)cc1OCC. The lowest BCUT2D eigenvalue weighted by atomic mass is 9.93. The van der Waals surface area contributed by atoms with Crippen LogP contribution < -0.4 is 9.47 Å². The first-order chi connectivity index (χ1) is 15.3. The molecule has 0 aromatic heterocycles. The Morgan fingerprint density at radius 3 is 2.56 bits per heavy atom. The number of carbonyl (C=O) groups is 2.